The van der Waals surface area contributed by atoms with E-state index in [0.717, 1.165) is 11.1 Å². The van der Waals surface area contributed by atoms with Gasteiger partial charge >= 0.3 is 30.1 Å². The molecule has 368 valence electrons. The van der Waals surface area contributed by atoms with E-state index in [1.807, 2.05) is 69.3 Å². The SMILES string of the molecule is C.CC(C)(C)OC(=O)CCCC(=O)CNC(=O)CCC(=O)CNC(=O)OCc1ccccc1.CC(C)(C)OC(=O)CCN.O=C(O)CNC(=O)CCC(=O)CNC(=O)OCc1ccccc1. The maximum Gasteiger partial charge on any atom is 0.407 e. The lowest BCUT2D eigenvalue weighted by Gasteiger charge is -2.19. The number of carboxylic acid groups (broad SMARTS) is 1. The number of carbonyl (C=O) groups is 10. The summed E-state index contributed by atoms with van der Waals surface area (Å²) in [4.78, 5) is 114. The normalized spacial score (nSPS) is 10.3. The van der Waals surface area contributed by atoms with E-state index in [1.165, 1.54) is 0 Å². The number of alkyl carbamates (subject to hydrolysis) is 2. The number of nitrogens with one attached hydrogen (secondary N) is 4. The average molecular weight is 932 g/mol. The fourth-order valence-corrected chi connectivity index (χ4v) is 4.54. The molecular formula is C46H69N5O15. The molecule has 0 saturated carbocycles. The smallest absolute Gasteiger partial charge is 0.407 e. The number of ether oxygens (including phenoxy) is 4. The van der Waals surface area contributed by atoms with Crippen LogP contribution < -0.4 is 27.0 Å². The van der Waals surface area contributed by atoms with Gasteiger partial charge in [-0.3, -0.25) is 38.4 Å². The van der Waals surface area contributed by atoms with Crippen molar-refractivity contribution in [3.8, 4) is 0 Å². The zero-order chi connectivity index (χ0) is 49.3. The summed E-state index contributed by atoms with van der Waals surface area (Å²) in [6.45, 7) is 10.2. The van der Waals surface area contributed by atoms with Gasteiger partial charge in [-0.15, -0.1) is 0 Å². The van der Waals surface area contributed by atoms with Crippen molar-refractivity contribution in [3.05, 3.63) is 71.8 Å². The minimum atomic E-state index is -1.16. The van der Waals surface area contributed by atoms with Crippen molar-refractivity contribution in [1.29, 1.82) is 0 Å². The van der Waals surface area contributed by atoms with E-state index in [9.17, 15) is 47.9 Å². The molecule has 2 aromatic rings. The summed E-state index contributed by atoms with van der Waals surface area (Å²) >= 11 is 0. The van der Waals surface area contributed by atoms with Crippen LogP contribution >= 0.6 is 0 Å². The van der Waals surface area contributed by atoms with Gasteiger partial charge in [0, 0.05) is 45.1 Å². The Kier molecular flexibility index (Phi) is 32.3. The molecule has 0 aliphatic carbocycles. The molecule has 20 heteroatoms. The number of Topliss-reactive ketones (excluding diaryl/α,β-unsaturated/α-hetero) is 3. The molecule has 0 heterocycles. The highest BCUT2D eigenvalue weighted by molar-refractivity contribution is 5.90. The largest absolute Gasteiger partial charge is 0.480 e. The Labute approximate surface area is 386 Å². The summed E-state index contributed by atoms with van der Waals surface area (Å²) in [6, 6.07) is 18.2. The van der Waals surface area contributed by atoms with Crippen LogP contribution in [-0.2, 0) is 70.5 Å². The molecule has 0 atom stereocenters. The first kappa shape index (κ1) is 61.4. The summed E-state index contributed by atoms with van der Waals surface area (Å²) < 4.78 is 20.0. The Hall–Kier alpha value is -6.70. The Morgan fingerprint density at radius 2 is 0.864 bits per heavy atom. The van der Waals surface area contributed by atoms with Gasteiger partial charge in [0.1, 0.15) is 31.0 Å². The van der Waals surface area contributed by atoms with Gasteiger partial charge in [0.05, 0.1) is 26.1 Å². The van der Waals surface area contributed by atoms with Crippen LogP contribution in [0.15, 0.2) is 60.7 Å². The van der Waals surface area contributed by atoms with Crippen LogP contribution in [0.3, 0.4) is 0 Å². The number of aliphatic carboxylic acids is 1. The van der Waals surface area contributed by atoms with E-state index in [2.05, 4.69) is 21.3 Å². The molecule has 0 radical (unpaired) electrons. The maximum atomic E-state index is 11.8. The number of hydrogen-bond acceptors (Lipinski definition) is 15. The second-order valence-corrected chi connectivity index (χ2v) is 16.0. The number of carboxylic acids is 1. The summed E-state index contributed by atoms with van der Waals surface area (Å²) in [6.07, 6.45) is -0.911. The van der Waals surface area contributed by atoms with Gasteiger partial charge in [-0.05, 0) is 59.1 Å². The summed E-state index contributed by atoms with van der Waals surface area (Å²) in [5, 5.41) is 17.6. The molecule has 2 aromatic carbocycles. The second-order valence-electron chi connectivity index (χ2n) is 16.0. The van der Waals surface area contributed by atoms with Crippen molar-refractivity contribution in [3.63, 3.8) is 0 Å². The van der Waals surface area contributed by atoms with Crippen LogP contribution in [0.5, 0.6) is 0 Å². The molecule has 2 rings (SSSR count). The number of hydrogen-bond donors (Lipinski definition) is 6. The van der Waals surface area contributed by atoms with Gasteiger partial charge in [-0.1, -0.05) is 68.1 Å². The molecule has 66 heavy (non-hydrogen) atoms. The lowest BCUT2D eigenvalue weighted by molar-refractivity contribution is -0.155. The Balaban J connectivity index is 0. The number of benzene rings is 2. The lowest BCUT2D eigenvalue weighted by Crippen LogP contribution is -2.32. The first-order valence-electron chi connectivity index (χ1n) is 20.8. The minimum Gasteiger partial charge on any atom is -0.480 e. The van der Waals surface area contributed by atoms with E-state index in [-0.39, 0.29) is 114 Å². The van der Waals surface area contributed by atoms with E-state index in [4.69, 9.17) is 29.8 Å². The van der Waals surface area contributed by atoms with Crippen molar-refractivity contribution in [2.75, 3.05) is 32.7 Å². The molecule has 0 saturated heterocycles. The predicted octanol–water partition coefficient (Wildman–Crippen LogP) is 4.24. The van der Waals surface area contributed by atoms with E-state index >= 15 is 0 Å². The summed E-state index contributed by atoms with van der Waals surface area (Å²) in [5.74, 6) is -3.63. The molecule has 4 amide bonds. The molecule has 0 unspecified atom stereocenters. The first-order valence-corrected chi connectivity index (χ1v) is 20.8. The Morgan fingerprint density at radius 3 is 1.24 bits per heavy atom. The predicted molar refractivity (Wildman–Crippen MR) is 242 cm³/mol. The third kappa shape index (κ3) is 38.9. The number of rotatable bonds is 24. The number of amides is 4. The highest BCUT2D eigenvalue weighted by Crippen LogP contribution is 2.10. The van der Waals surface area contributed by atoms with Crippen LogP contribution in [0.4, 0.5) is 9.59 Å². The Bertz CT molecular complexity index is 1830. The van der Waals surface area contributed by atoms with E-state index < -0.39 is 42.1 Å². The minimum absolute atomic E-state index is 0. The van der Waals surface area contributed by atoms with Gasteiger partial charge in [0.25, 0.3) is 0 Å². The fraction of sp³-hybridized carbons (Fsp3) is 0.522. The quantitative estimate of drug-likeness (QED) is 0.0634. The number of esters is 2. The van der Waals surface area contributed by atoms with Crippen molar-refractivity contribution < 1.29 is 72.0 Å². The van der Waals surface area contributed by atoms with Crippen molar-refractivity contribution in [2.24, 2.45) is 5.73 Å². The fourth-order valence-electron chi connectivity index (χ4n) is 4.54. The molecule has 20 nitrogen and oxygen atoms in total. The van der Waals surface area contributed by atoms with Crippen LogP contribution in [-0.4, -0.2) is 108 Å². The number of nitrogens with two attached hydrogens (primary N) is 1. The zero-order valence-corrected chi connectivity index (χ0v) is 38.1. The highest BCUT2D eigenvalue weighted by Gasteiger charge is 2.17. The Morgan fingerprint density at radius 1 is 0.500 bits per heavy atom. The molecule has 0 fully saturated rings. The molecule has 0 bridgehead atoms. The van der Waals surface area contributed by atoms with Crippen LogP contribution in [0, 0.1) is 0 Å². The molecule has 0 aromatic heterocycles. The van der Waals surface area contributed by atoms with Crippen LogP contribution in [0.1, 0.15) is 111 Å². The summed E-state index contributed by atoms with van der Waals surface area (Å²) in [7, 11) is 0. The van der Waals surface area contributed by atoms with E-state index in [1.54, 1.807) is 32.9 Å². The number of ketones is 3. The zero-order valence-electron chi connectivity index (χ0n) is 38.1. The van der Waals surface area contributed by atoms with Gasteiger partial charge in [-0.25, -0.2) is 9.59 Å². The molecular weight excluding hydrogens is 863 g/mol. The molecule has 0 aliphatic heterocycles. The second kappa shape index (κ2) is 34.7. The average Bonchev–Trinajstić information content (AvgIpc) is 3.23. The topological polar surface area (TPSA) is 302 Å². The van der Waals surface area contributed by atoms with Crippen LogP contribution in [0.25, 0.3) is 0 Å². The van der Waals surface area contributed by atoms with Gasteiger partial charge in [0.2, 0.25) is 11.8 Å². The molecule has 0 spiro atoms. The third-order valence-electron chi connectivity index (χ3n) is 7.49. The number of carbonyl (C=O) groups excluding carboxylic acids is 9. The van der Waals surface area contributed by atoms with Gasteiger partial charge in [-0.2, -0.15) is 0 Å². The van der Waals surface area contributed by atoms with Crippen molar-refractivity contribution in [1.82, 2.24) is 21.3 Å². The molecule has 0 aliphatic rings. The summed E-state index contributed by atoms with van der Waals surface area (Å²) in [5.41, 5.74) is 5.85. The lowest BCUT2D eigenvalue weighted by atomic mass is 10.1. The molecule has 7 N–H and O–H groups in total. The monoisotopic (exact) mass is 931 g/mol. The standard InChI is InChI=1S/C23H32N2O7.C15H18N2O6.C7H15NO2.CH4/c1-23(2,3)32-21(29)11-7-10-18(26)14-24-20(28)13-12-19(27)15-25-22(30)31-16-17-8-5-4-6-9-17;18-12(6-7-13(19)16-9-14(20)21)8-17-15(22)23-10-11-4-2-1-3-5-11;1-7(2,3)10-6(9)4-5-8;/h4-6,8-9H,7,10-16H2,1-3H3,(H,24,28)(H,25,30);1-5H,6-10H2,(H,16,19)(H,17,22)(H,20,21);4-5,8H2,1-3H3;1H4. The van der Waals surface area contributed by atoms with Crippen LogP contribution in [0.2, 0.25) is 0 Å². The van der Waals surface area contributed by atoms with Gasteiger partial charge in [0.15, 0.2) is 17.3 Å². The highest BCUT2D eigenvalue weighted by atomic mass is 16.6. The first-order chi connectivity index (χ1) is 30.5. The van der Waals surface area contributed by atoms with Crippen molar-refractivity contribution >= 4 is 59.3 Å². The van der Waals surface area contributed by atoms with Crippen molar-refractivity contribution in [2.45, 2.75) is 125 Å². The third-order valence-corrected chi connectivity index (χ3v) is 7.49. The maximum absolute atomic E-state index is 11.8. The van der Waals surface area contributed by atoms with E-state index in [0.29, 0.717) is 19.4 Å². The van der Waals surface area contributed by atoms with Gasteiger partial charge < -0.3 is 51.1 Å².